The molecule has 0 aliphatic carbocycles. The van der Waals surface area contributed by atoms with Gasteiger partial charge >= 0.3 is 0 Å². The fourth-order valence-electron chi connectivity index (χ4n) is 4.88. The highest BCUT2D eigenvalue weighted by atomic mass is 35.5. The van der Waals surface area contributed by atoms with Crippen LogP contribution in [0.3, 0.4) is 0 Å². The van der Waals surface area contributed by atoms with Gasteiger partial charge in [-0.15, -0.1) is 0 Å². The number of anilines is 2. The fourth-order valence-corrected chi connectivity index (χ4v) is 5.54. The molecule has 52 heavy (non-hydrogen) atoms. The molecule has 2 amide bonds. The largest absolute Gasteiger partial charge is 0.377 e. The third-order valence-electron chi connectivity index (χ3n) is 7.41. The Labute approximate surface area is 321 Å². The highest BCUT2D eigenvalue weighted by Gasteiger charge is 2.15. The van der Waals surface area contributed by atoms with E-state index in [-0.39, 0.29) is 22.1 Å². The SMILES string of the molecule is C1COCCO1.O=C(Nc1ccccc1-c1ccc(Cl)cc1)c1cccnc1Cl.O=C(Nc1ccccc1-c1ccc(Cl)cc1)c1cccnc1Cl. The van der Waals surface area contributed by atoms with Gasteiger partial charge in [-0.1, -0.05) is 107 Å². The summed E-state index contributed by atoms with van der Waals surface area (Å²) in [6.45, 7) is 3.11. The van der Waals surface area contributed by atoms with Gasteiger partial charge in [0, 0.05) is 44.9 Å². The van der Waals surface area contributed by atoms with Crippen LogP contribution in [0.4, 0.5) is 11.4 Å². The van der Waals surface area contributed by atoms with Crippen molar-refractivity contribution >= 4 is 69.6 Å². The maximum absolute atomic E-state index is 12.4. The topological polar surface area (TPSA) is 102 Å². The summed E-state index contributed by atoms with van der Waals surface area (Å²) in [7, 11) is 0. The van der Waals surface area contributed by atoms with Gasteiger partial charge < -0.3 is 20.1 Å². The lowest BCUT2D eigenvalue weighted by Gasteiger charge is -2.12. The molecule has 0 spiro atoms. The number of pyridine rings is 2. The number of carbonyl (C=O) groups is 2. The highest BCUT2D eigenvalue weighted by Crippen LogP contribution is 2.31. The molecular weight excluding hydrogens is 742 g/mol. The summed E-state index contributed by atoms with van der Waals surface area (Å²) in [5, 5.41) is 7.45. The molecule has 12 heteroatoms. The first-order valence-electron chi connectivity index (χ1n) is 16.0. The number of para-hydroxylation sites is 2. The molecule has 0 bridgehead atoms. The first-order chi connectivity index (χ1) is 25.3. The van der Waals surface area contributed by atoms with E-state index in [2.05, 4.69) is 20.6 Å². The Bertz CT molecular complexity index is 1940. The van der Waals surface area contributed by atoms with Crippen LogP contribution in [-0.4, -0.2) is 48.2 Å². The first kappa shape index (κ1) is 38.4. The van der Waals surface area contributed by atoms with Gasteiger partial charge in [-0.3, -0.25) is 9.59 Å². The van der Waals surface area contributed by atoms with Crippen LogP contribution in [0.2, 0.25) is 20.4 Å². The predicted octanol–water partition coefficient (Wildman–Crippen LogP) is 10.6. The Kier molecular flexibility index (Phi) is 14.6. The summed E-state index contributed by atoms with van der Waals surface area (Å²) >= 11 is 23.8. The monoisotopic (exact) mass is 772 g/mol. The number of rotatable bonds is 6. The molecular formula is C40H32Cl4N4O4. The third kappa shape index (κ3) is 11.1. The maximum atomic E-state index is 12.4. The molecule has 6 aromatic rings. The molecule has 0 atom stereocenters. The van der Waals surface area contributed by atoms with E-state index < -0.39 is 0 Å². The molecule has 1 saturated heterocycles. The third-order valence-corrected chi connectivity index (χ3v) is 8.52. The molecule has 264 valence electrons. The van der Waals surface area contributed by atoms with Crippen molar-refractivity contribution in [1.29, 1.82) is 0 Å². The standard InChI is InChI=1S/2C18H12Cl2N2O.C4H8O2/c2*19-13-9-7-12(8-10-13)14-4-1-2-6-16(14)22-18(23)15-5-3-11-21-17(15)20;1-2-6-4-3-5-1/h2*1-11H,(H,22,23);1-4H2. The van der Waals surface area contributed by atoms with Gasteiger partial charge in [0.2, 0.25) is 0 Å². The van der Waals surface area contributed by atoms with Gasteiger partial charge in [0.1, 0.15) is 10.3 Å². The Morgan fingerprint density at radius 1 is 0.481 bits per heavy atom. The van der Waals surface area contributed by atoms with Crippen LogP contribution in [0, 0.1) is 0 Å². The number of carbonyl (C=O) groups excluding carboxylic acids is 2. The van der Waals surface area contributed by atoms with Crippen LogP contribution in [0.15, 0.2) is 134 Å². The van der Waals surface area contributed by atoms with Crippen LogP contribution in [0.25, 0.3) is 22.3 Å². The van der Waals surface area contributed by atoms with Gasteiger partial charge in [0.25, 0.3) is 11.8 Å². The molecule has 1 aliphatic rings. The van der Waals surface area contributed by atoms with Crippen LogP contribution >= 0.6 is 46.4 Å². The summed E-state index contributed by atoms with van der Waals surface area (Å²) in [6.07, 6.45) is 3.08. The molecule has 7 rings (SSSR count). The number of halogens is 4. The number of hydrogen-bond acceptors (Lipinski definition) is 6. The van der Waals surface area contributed by atoms with E-state index in [1.54, 1.807) is 36.7 Å². The molecule has 0 saturated carbocycles. The fraction of sp³-hybridized carbons (Fsp3) is 0.100. The van der Waals surface area contributed by atoms with E-state index in [9.17, 15) is 9.59 Å². The van der Waals surface area contributed by atoms with Crippen molar-refractivity contribution in [3.8, 4) is 22.3 Å². The molecule has 4 aromatic carbocycles. The van der Waals surface area contributed by atoms with Crippen molar-refractivity contribution in [2.45, 2.75) is 0 Å². The minimum Gasteiger partial charge on any atom is -0.377 e. The number of hydrogen-bond donors (Lipinski definition) is 2. The molecule has 1 fully saturated rings. The Hall–Kier alpha value is -4.80. The summed E-state index contributed by atoms with van der Waals surface area (Å²) in [5.41, 5.74) is 5.78. The Balaban J connectivity index is 0.000000173. The van der Waals surface area contributed by atoms with Gasteiger partial charge in [-0.05, 0) is 71.8 Å². The lowest BCUT2D eigenvalue weighted by atomic mass is 10.0. The average Bonchev–Trinajstić information content (AvgIpc) is 3.17. The van der Waals surface area contributed by atoms with Crippen molar-refractivity contribution in [3.05, 3.63) is 165 Å². The van der Waals surface area contributed by atoms with Gasteiger partial charge in [0.15, 0.2) is 0 Å². The van der Waals surface area contributed by atoms with E-state index in [1.165, 1.54) is 0 Å². The number of ether oxygens (including phenoxy) is 2. The number of amides is 2. The van der Waals surface area contributed by atoms with Crippen molar-refractivity contribution in [1.82, 2.24) is 9.97 Å². The average molecular weight is 775 g/mol. The van der Waals surface area contributed by atoms with E-state index >= 15 is 0 Å². The number of benzene rings is 4. The molecule has 0 unspecified atom stereocenters. The highest BCUT2D eigenvalue weighted by molar-refractivity contribution is 6.34. The number of nitrogens with one attached hydrogen (secondary N) is 2. The van der Waals surface area contributed by atoms with Crippen LogP contribution in [0.1, 0.15) is 20.7 Å². The molecule has 8 nitrogen and oxygen atoms in total. The smallest absolute Gasteiger partial charge is 0.258 e. The maximum Gasteiger partial charge on any atom is 0.258 e. The van der Waals surface area contributed by atoms with Crippen molar-refractivity contribution in [2.75, 3.05) is 37.1 Å². The van der Waals surface area contributed by atoms with Crippen LogP contribution in [-0.2, 0) is 9.47 Å². The molecule has 1 aliphatic heterocycles. The zero-order valence-corrected chi connectivity index (χ0v) is 30.6. The van der Waals surface area contributed by atoms with Crippen molar-refractivity contribution < 1.29 is 19.1 Å². The zero-order valence-electron chi connectivity index (χ0n) is 27.6. The molecule has 0 radical (unpaired) electrons. The van der Waals surface area contributed by atoms with Gasteiger partial charge in [-0.25, -0.2) is 9.97 Å². The van der Waals surface area contributed by atoms with Crippen molar-refractivity contribution in [2.24, 2.45) is 0 Å². The minimum atomic E-state index is -0.301. The summed E-state index contributed by atoms with van der Waals surface area (Å²) in [6, 6.07) is 36.6. The molecule has 2 N–H and O–H groups in total. The normalized spacial score (nSPS) is 11.9. The summed E-state index contributed by atoms with van der Waals surface area (Å²) in [4.78, 5) is 32.7. The van der Waals surface area contributed by atoms with Gasteiger partial charge in [-0.2, -0.15) is 0 Å². The molecule has 2 aromatic heterocycles. The van der Waals surface area contributed by atoms with E-state index in [0.717, 1.165) is 48.7 Å². The molecule has 3 heterocycles. The zero-order chi connectivity index (χ0) is 36.7. The predicted molar refractivity (Wildman–Crippen MR) is 210 cm³/mol. The second-order valence-electron chi connectivity index (χ2n) is 10.9. The van der Waals surface area contributed by atoms with Crippen LogP contribution in [0.5, 0.6) is 0 Å². The number of aromatic nitrogens is 2. The quantitative estimate of drug-likeness (QED) is 0.163. The van der Waals surface area contributed by atoms with Crippen molar-refractivity contribution in [3.63, 3.8) is 0 Å². The van der Waals surface area contributed by atoms with E-state index in [1.807, 2.05) is 97.1 Å². The lowest BCUT2D eigenvalue weighted by Crippen LogP contribution is -2.16. The Morgan fingerprint density at radius 3 is 1.19 bits per heavy atom. The van der Waals surface area contributed by atoms with Crippen LogP contribution < -0.4 is 10.6 Å². The summed E-state index contributed by atoms with van der Waals surface area (Å²) in [5.74, 6) is -0.603. The van der Waals surface area contributed by atoms with Gasteiger partial charge in [0.05, 0.1) is 37.6 Å². The number of nitrogens with zero attached hydrogens (tertiary/aromatic N) is 2. The first-order valence-corrected chi connectivity index (χ1v) is 17.5. The Morgan fingerprint density at radius 2 is 0.846 bits per heavy atom. The van der Waals surface area contributed by atoms with E-state index in [4.69, 9.17) is 55.9 Å². The van der Waals surface area contributed by atoms with E-state index in [0.29, 0.717) is 32.5 Å². The second-order valence-corrected chi connectivity index (χ2v) is 12.5. The summed E-state index contributed by atoms with van der Waals surface area (Å²) < 4.78 is 9.89. The minimum absolute atomic E-state index is 0.175. The second kappa shape index (κ2) is 19.7. The lowest BCUT2D eigenvalue weighted by molar-refractivity contribution is -0.0334.